The second-order valence-electron chi connectivity index (χ2n) is 5.44. The summed E-state index contributed by atoms with van der Waals surface area (Å²) in [7, 11) is 1.60. The molecule has 1 rings (SSSR count). The first-order valence-corrected chi connectivity index (χ1v) is 8.11. The predicted octanol–water partition coefficient (Wildman–Crippen LogP) is 2.37. The van der Waals surface area contributed by atoms with Crippen LogP contribution in [0.5, 0.6) is 0 Å². The van der Waals surface area contributed by atoms with Gasteiger partial charge in [-0.1, -0.05) is 28.1 Å². The maximum atomic E-state index is 12.6. The molecular formula is C16H25BrClN3O2. The van der Waals surface area contributed by atoms with E-state index in [0.29, 0.717) is 18.7 Å². The summed E-state index contributed by atoms with van der Waals surface area (Å²) in [6.45, 7) is 6.78. The fourth-order valence-electron chi connectivity index (χ4n) is 2.27. The van der Waals surface area contributed by atoms with Crippen LogP contribution in [0.1, 0.15) is 26.3 Å². The van der Waals surface area contributed by atoms with E-state index >= 15 is 0 Å². The van der Waals surface area contributed by atoms with E-state index in [9.17, 15) is 9.59 Å². The lowest BCUT2D eigenvalue weighted by atomic mass is 9.92. The van der Waals surface area contributed by atoms with Gasteiger partial charge in [-0.05, 0) is 38.5 Å². The number of carbonyl (C=O) groups excluding carboxylic acids is 2. The topological polar surface area (TPSA) is 66.6 Å². The highest BCUT2D eigenvalue weighted by Crippen LogP contribution is 2.22. The van der Waals surface area contributed by atoms with Crippen LogP contribution >= 0.6 is 28.3 Å². The van der Waals surface area contributed by atoms with Crippen molar-refractivity contribution >= 4 is 40.2 Å². The highest BCUT2D eigenvalue weighted by atomic mass is 79.9. The molecule has 0 aliphatic heterocycles. The summed E-state index contributed by atoms with van der Waals surface area (Å²) in [6, 6.07) is 7.30. The summed E-state index contributed by atoms with van der Waals surface area (Å²) < 4.78 is 0.921. The Bertz CT molecular complexity index is 531. The second kappa shape index (κ2) is 9.25. The Hall–Kier alpha value is -1.11. The van der Waals surface area contributed by atoms with E-state index in [1.165, 1.54) is 4.90 Å². The van der Waals surface area contributed by atoms with Gasteiger partial charge in [0.15, 0.2) is 0 Å². The molecule has 130 valence electrons. The maximum absolute atomic E-state index is 12.6. The standard InChI is InChI=1S/C16H24BrN3O2.ClH/c1-5-20(6-2)14(21)11-19(4)15(22)16(3,18)12-7-9-13(17)10-8-12;/h7-10H,5-6,11,18H2,1-4H3;1H. The van der Waals surface area contributed by atoms with E-state index < -0.39 is 5.54 Å². The van der Waals surface area contributed by atoms with E-state index in [4.69, 9.17) is 5.73 Å². The first kappa shape index (κ1) is 21.9. The molecule has 23 heavy (non-hydrogen) atoms. The molecule has 1 atom stereocenters. The van der Waals surface area contributed by atoms with Gasteiger partial charge in [0, 0.05) is 24.6 Å². The molecule has 5 nitrogen and oxygen atoms in total. The lowest BCUT2D eigenvalue weighted by Gasteiger charge is -2.30. The normalized spacial score (nSPS) is 12.8. The number of nitrogens with two attached hydrogens (primary N) is 1. The molecule has 0 heterocycles. The highest BCUT2D eigenvalue weighted by Gasteiger charge is 2.34. The lowest BCUT2D eigenvalue weighted by molar-refractivity contribution is -0.142. The summed E-state index contributed by atoms with van der Waals surface area (Å²) in [6.07, 6.45) is 0. The fourth-order valence-corrected chi connectivity index (χ4v) is 2.53. The zero-order valence-corrected chi connectivity index (χ0v) is 16.4. The summed E-state index contributed by atoms with van der Waals surface area (Å²) in [5.74, 6) is -0.359. The van der Waals surface area contributed by atoms with Crippen molar-refractivity contribution in [2.75, 3.05) is 26.7 Å². The zero-order valence-electron chi connectivity index (χ0n) is 14.0. The van der Waals surface area contributed by atoms with Gasteiger partial charge < -0.3 is 15.5 Å². The third-order valence-electron chi connectivity index (χ3n) is 3.72. The van der Waals surface area contributed by atoms with Crippen LogP contribution in [0.2, 0.25) is 0 Å². The molecule has 1 aromatic carbocycles. The van der Waals surface area contributed by atoms with Gasteiger partial charge in [0.05, 0.1) is 6.54 Å². The van der Waals surface area contributed by atoms with Crippen LogP contribution in [-0.4, -0.2) is 48.3 Å². The van der Waals surface area contributed by atoms with Crippen molar-refractivity contribution in [1.82, 2.24) is 9.80 Å². The van der Waals surface area contributed by atoms with Crippen LogP contribution in [0, 0.1) is 0 Å². The van der Waals surface area contributed by atoms with Gasteiger partial charge in [0.2, 0.25) is 11.8 Å². The average Bonchev–Trinajstić information content (AvgIpc) is 2.48. The Balaban J connectivity index is 0.00000484. The minimum Gasteiger partial charge on any atom is -0.342 e. The van der Waals surface area contributed by atoms with Crippen molar-refractivity contribution < 1.29 is 9.59 Å². The number of nitrogens with zero attached hydrogens (tertiary/aromatic N) is 2. The molecule has 0 radical (unpaired) electrons. The molecule has 0 bridgehead atoms. The summed E-state index contributed by atoms with van der Waals surface area (Å²) in [5.41, 5.74) is 5.76. The van der Waals surface area contributed by atoms with Crippen molar-refractivity contribution in [3.05, 3.63) is 34.3 Å². The minimum atomic E-state index is -1.17. The van der Waals surface area contributed by atoms with Crippen LogP contribution in [0.15, 0.2) is 28.7 Å². The number of hydrogen-bond donors (Lipinski definition) is 1. The largest absolute Gasteiger partial charge is 0.342 e. The Morgan fingerprint density at radius 1 is 1.17 bits per heavy atom. The molecule has 0 saturated heterocycles. The van der Waals surface area contributed by atoms with E-state index in [-0.39, 0.29) is 30.8 Å². The summed E-state index contributed by atoms with van der Waals surface area (Å²) >= 11 is 3.36. The number of carbonyl (C=O) groups is 2. The molecule has 0 aromatic heterocycles. The van der Waals surface area contributed by atoms with Crippen LogP contribution in [0.4, 0.5) is 0 Å². The van der Waals surface area contributed by atoms with Crippen molar-refractivity contribution in [1.29, 1.82) is 0 Å². The Morgan fingerprint density at radius 2 is 1.65 bits per heavy atom. The van der Waals surface area contributed by atoms with Gasteiger partial charge >= 0.3 is 0 Å². The highest BCUT2D eigenvalue weighted by molar-refractivity contribution is 9.10. The molecule has 0 aliphatic rings. The lowest BCUT2D eigenvalue weighted by Crippen LogP contribution is -2.52. The molecule has 1 unspecified atom stereocenters. The molecule has 2 N–H and O–H groups in total. The van der Waals surface area contributed by atoms with Crippen LogP contribution in [-0.2, 0) is 15.1 Å². The smallest absolute Gasteiger partial charge is 0.247 e. The Morgan fingerprint density at radius 3 is 2.09 bits per heavy atom. The first-order chi connectivity index (χ1) is 10.2. The third kappa shape index (κ3) is 5.48. The second-order valence-corrected chi connectivity index (χ2v) is 6.35. The molecular weight excluding hydrogens is 382 g/mol. The number of rotatable bonds is 6. The number of halogens is 2. The number of likely N-dealkylation sites (N-methyl/N-ethyl adjacent to an activating group) is 2. The van der Waals surface area contributed by atoms with E-state index in [0.717, 1.165) is 4.47 Å². The van der Waals surface area contributed by atoms with Gasteiger partial charge in [0.1, 0.15) is 5.54 Å². The van der Waals surface area contributed by atoms with Gasteiger partial charge in [-0.25, -0.2) is 0 Å². The van der Waals surface area contributed by atoms with Gasteiger partial charge in [-0.15, -0.1) is 12.4 Å². The number of benzene rings is 1. The van der Waals surface area contributed by atoms with Crippen molar-refractivity contribution in [2.45, 2.75) is 26.3 Å². The van der Waals surface area contributed by atoms with Gasteiger partial charge in [-0.2, -0.15) is 0 Å². The van der Waals surface area contributed by atoms with Gasteiger partial charge in [0.25, 0.3) is 0 Å². The van der Waals surface area contributed by atoms with E-state index in [1.54, 1.807) is 18.9 Å². The summed E-state index contributed by atoms with van der Waals surface area (Å²) in [4.78, 5) is 27.8. The molecule has 0 aliphatic carbocycles. The molecule has 0 fully saturated rings. The molecule has 0 saturated carbocycles. The molecule has 2 amide bonds. The maximum Gasteiger partial charge on any atom is 0.247 e. The Labute approximate surface area is 152 Å². The van der Waals surface area contributed by atoms with Crippen molar-refractivity contribution in [2.24, 2.45) is 5.73 Å². The minimum absolute atomic E-state index is 0. The summed E-state index contributed by atoms with van der Waals surface area (Å²) in [5, 5.41) is 0. The van der Waals surface area contributed by atoms with E-state index in [1.807, 2.05) is 38.1 Å². The van der Waals surface area contributed by atoms with Crippen LogP contribution in [0.25, 0.3) is 0 Å². The van der Waals surface area contributed by atoms with Crippen LogP contribution in [0.3, 0.4) is 0 Å². The van der Waals surface area contributed by atoms with Crippen molar-refractivity contribution in [3.63, 3.8) is 0 Å². The predicted molar refractivity (Wildman–Crippen MR) is 98.5 cm³/mol. The first-order valence-electron chi connectivity index (χ1n) is 7.32. The SMILES string of the molecule is CCN(CC)C(=O)CN(C)C(=O)C(C)(N)c1ccc(Br)cc1.Cl. The molecule has 0 spiro atoms. The van der Waals surface area contributed by atoms with Crippen molar-refractivity contribution in [3.8, 4) is 0 Å². The fraction of sp³-hybridized carbons (Fsp3) is 0.500. The Kier molecular flexibility index (Phi) is 8.80. The number of hydrogen-bond acceptors (Lipinski definition) is 3. The average molecular weight is 407 g/mol. The monoisotopic (exact) mass is 405 g/mol. The zero-order chi connectivity index (χ0) is 16.9. The van der Waals surface area contributed by atoms with Gasteiger partial charge in [-0.3, -0.25) is 9.59 Å². The number of amides is 2. The quantitative estimate of drug-likeness (QED) is 0.788. The molecule has 1 aromatic rings. The van der Waals surface area contributed by atoms with E-state index in [2.05, 4.69) is 15.9 Å². The molecule has 7 heteroatoms. The third-order valence-corrected chi connectivity index (χ3v) is 4.25. The van der Waals surface area contributed by atoms with Crippen LogP contribution < -0.4 is 5.73 Å².